The molecule has 1 heterocycles. The molecule has 6 nitrogen and oxygen atoms in total. The quantitative estimate of drug-likeness (QED) is 0.304. The molecule has 0 spiro atoms. The standard InChI is InChI=1S/C23H17N3O3/c24-13-18(23-25-19-10-3-4-11-20(19)26-23)21(27)14-29-22(28)12-16-8-5-7-15-6-1-2-9-17(15)16/h1-11,27H,12,14H2,(H,25,26)/b21-18+. The minimum Gasteiger partial charge on any atom is -0.507 e. The topological polar surface area (TPSA) is 99.0 Å². The van der Waals surface area contributed by atoms with Crippen LogP contribution in [0.25, 0.3) is 27.4 Å². The fraction of sp³-hybridized carbons (Fsp3) is 0.0870. The summed E-state index contributed by atoms with van der Waals surface area (Å²) >= 11 is 0. The van der Waals surface area contributed by atoms with Gasteiger partial charge in [-0.05, 0) is 28.5 Å². The highest BCUT2D eigenvalue weighted by molar-refractivity contribution is 5.89. The molecule has 0 saturated carbocycles. The molecule has 0 aliphatic carbocycles. The number of para-hydroxylation sites is 2. The molecule has 142 valence electrons. The minimum atomic E-state index is -0.491. The number of esters is 1. The number of aromatic nitrogens is 2. The number of rotatable bonds is 5. The number of nitrogens with zero attached hydrogens (tertiary/aromatic N) is 2. The molecule has 0 atom stereocenters. The van der Waals surface area contributed by atoms with Crippen LogP contribution in [0.1, 0.15) is 11.4 Å². The van der Waals surface area contributed by atoms with Crippen molar-refractivity contribution in [3.05, 3.63) is 83.9 Å². The average molecular weight is 383 g/mol. The van der Waals surface area contributed by atoms with Gasteiger partial charge in [0.05, 0.1) is 17.5 Å². The third-order valence-electron chi connectivity index (χ3n) is 4.61. The number of imidazole rings is 1. The number of aliphatic hydroxyl groups excluding tert-OH is 1. The second-order valence-electron chi connectivity index (χ2n) is 6.51. The molecule has 2 N–H and O–H groups in total. The number of aliphatic hydroxyl groups is 1. The number of hydrogen-bond acceptors (Lipinski definition) is 5. The second-order valence-corrected chi connectivity index (χ2v) is 6.51. The van der Waals surface area contributed by atoms with Gasteiger partial charge in [-0.1, -0.05) is 54.6 Å². The summed E-state index contributed by atoms with van der Waals surface area (Å²) < 4.78 is 5.20. The van der Waals surface area contributed by atoms with Gasteiger partial charge in [0.15, 0.2) is 11.6 Å². The fourth-order valence-corrected chi connectivity index (χ4v) is 3.20. The molecular weight excluding hydrogens is 366 g/mol. The maximum Gasteiger partial charge on any atom is 0.310 e. The number of carbonyl (C=O) groups is 1. The summed E-state index contributed by atoms with van der Waals surface area (Å²) in [5.74, 6) is -0.607. The Bertz CT molecular complexity index is 1240. The predicted molar refractivity (Wildman–Crippen MR) is 110 cm³/mol. The Morgan fingerprint density at radius 2 is 1.83 bits per heavy atom. The van der Waals surface area contributed by atoms with Crippen molar-refractivity contribution in [2.75, 3.05) is 6.61 Å². The summed E-state index contributed by atoms with van der Waals surface area (Å²) in [5.41, 5.74) is 2.21. The van der Waals surface area contributed by atoms with E-state index in [4.69, 9.17) is 4.74 Å². The zero-order valence-electron chi connectivity index (χ0n) is 15.4. The van der Waals surface area contributed by atoms with Crippen molar-refractivity contribution < 1.29 is 14.6 Å². The molecule has 0 aliphatic heterocycles. The number of benzene rings is 3. The average Bonchev–Trinajstić information content (AvgIpc) is 3.17. The van der Waals surface area contributed by atoms with E-state index in [2.05, 4.69) is 9.97 Å². The Hall–Kier alpha value is -4.11. The molecule has 29 heavy (non-hydrogen) atoms. The first-order chi connectivity index (χ1) is 14.2. The molecular formula is C23H17N3O3. The molecule has 0 unspecified atom stereocenters. The Labute approximate surface area is 166 Å². The smallest absolute Gasteiger partial charge is 0.310 e. The van der Waals surface area contributed by atoms with Crippen LogP contribution in [0.5, 0.6) is 0 Å². The van der Waals surface area contributed by atoms with Crippen LogP contribution >= 0.6 is 0 Å². The molecule has 0 aliphatic rings. The summed E-state index contributed by atoms with van der Waals surface area (Å²) in [6.45, 7) is -0.399. The van der Waals surface area contributed by atoms with E-state index in [1.54, 1.807) is 6.07 Å². The van der Waals surface area contributed by atoms with Crippen LogP contribution < -0.4 is 0 Å². The zero-order valence-corrected chi connectivity index (χ0v) is 15.4. The highest BCUT2D eigenvalue weighted by Gasteiger charge is 2.15. The number of H-pyrrole nitrogens is 1. The largest absolute Gasteiger partial charge is 0.507 e. The van der Waals surface area contributed by atoms with Gasteiger partial charge in [0.2, 0.25) is 0 Å². The fourth-order valence-electron chi connectivity index (χ4n) is 3.20. The maximum atomic E-state index is 12.3. The number of fused-ring (bicyclic) bond motifs is 2. The highest BCUT2D eigenvalue weighted by Crippen LogP contribution is 2.21. The molecule has 0 radical (unpaired) electrons. The molecule has 3 aromatic carbocycles. The van der Waals surface area contributed by atoms with Gasteiger partial charge in [0.1, 0.15) is 18.2 Å². The van der Waals surface area contributed by atoms with Gasteiger partial charge >= 0.3 is 5.97 Å². The third kappa shape index (κ3) is 3.80. The second kappa shape index (κ2) is 7.87. The minimum absolute atomic E-state index is 0.0563. The van der Waals surface area contributed by atoms with Crippen LogP contribution in [0.3, 0.4) is 0 Å². The molecule has 4 rings (SSSR count). The van der Waals surface area contributed by atoms with Crippen LogP contribution in [0.4, 0.5) is 0 Å². The molecule has 0 bridgehead atoms. The normalized spacial score (nSPS) is 11.8. The summed E-state index contributed by atoms with van der Waals surface area (Å²) in [7, 11) is 0. The van der Waals surface area contributed by atoms with Gasteiger partial charge < -0.3 is 14.8 Å². The number of allylic oxidation sites excluding steroid dienone is 1. The molecule has 0 saturated heterocycles. The molecule has 4 aromatic rings. The van der Waals surface area contributed by atoms with Gasteiger partial charge in [-0.2, -0.15) is 5.26 Å². The summed E-state index contributed by atoms with van der Waals surface area (Å²) in [4.78, 5) is 19.6. The number of carbonyl (C=O) groups excluding carboxylic acids is 1. The van der Waals surface area contributed by atoms with Crippen molar-refractivity contribution in [3.8, 4) is 6.07 Å². The van der Waals surface area contributed by atoms with E-state index in [1.165, 1.54) is 0 Å². The van der Waals surface area contributed by atoms with E-state index in [9.17, 15) is 15.2 Å². The lowest BCUT2D eigenvalue weighted by Gasteiger charge is -2.08. The summed E-state index contributed by atoms with van der Waals surface area (Å²) in [6.07, 6.45) is 0.0706. The van der Waals surface area contributed by atoms with Crippen molar-refractivity contribution in [1.82, 2.24) is 9.97 Å². The first-order valence-corrected chi connectivity index (χ1v) is 9.05. The SMILES string of the molecule is N#C/C(=C(\O)COC(=O)Cc1cccc2ccccc12)c1nc2ccccc2[nH]1. The van der Waals surface area contributed by atoms with E-state index in [0.717, 1.165) is 21.9 Å². The Kier molecular flexibility index (Phi) is 4.95. The number of aromatic amines is 1. The lowest BCUT2D eigenvalue weighted by molar-refractivity contribution is -0.142. The van der Waals surface area contributed by atoms with Gasteiger partial charge in [0.25, 0.3) is 0 Å². The summed E-state index contributed by atoms with van der Waals surface area (Å²) in [5, 5.41) is 21.7. The Balaban J connectivity index is 1.49. The van der Waals surface area contributed by atoms with Crippen molar-refractivity contribution in [2.24, 2.45) is 0 Å². The Morgan fingerprint density at radius 3 is 2.66 bits per heavy atom. The Morgan fingerprint density at radius 1 is 1.07 bits per heavy atom. The van der Waals surface area contributed by atoms with Crippen LogP contribution in [0.15, 0.2) is 72.5 Å². The van der Waals surface area contributed by atoms with Crippen LogP contribution in [0.2, 0.25) is 0 Å². The molecule has 6 heteroatoms. The molecule has 1 aromatic heterocycles. The van der Waals surface area contributed by atoms with Gasteiger partial charge in [-0.3, -0.25) is 4.79 Å². The first kappa shape index (κ1) is 18.3. The van der Waals surface area contributed by atoms with E-state index in [0.29, 0.717) is 5.52 Å². The van der Waals surface area contributed by atoms with Crippen molar-refractivity contribution >= 4 is 33.3 Å². The monoisotopic (exact) mass is 383 g/mol. The van der Waals surface area contributed by atoms with E-state index >= 15 is 0 Å². The number of nitrogens with one attached hydrogen (secondary N) is 1. The van der Waals surface area contributed by atoms with Crippen molar-refractivity contribution in [2.45, 2.75) is 6.42 Å². The number of hydrogen-bond donors (Lipinski definition) is 2. The van der Waals surface area contributed by atoms with E-state index in [-0.39, 0.29) is 23.6 Å². The van der Waals surface area contributed by atoms with Crippen molar-refractivity contribution in [1.29, 1.82) is 5.26 Å². The van der Waals surface area contributed by atoms with Crippen molar-refractivity contribution in [3.63, 3.8) is 0 Å². The first-order valence-electron chi connectivity index (χ1n) is 9.05. The summed E-state index contributed by atoms with van der Waals surface area (Å²) in [6, 6.07) is 22.7. The number of ether oxygens (including phenoxy) is 1. The zero-order chi connectivity index (χ0) is 20.2. The predicted octanol–water partition coefficient (Wildman–Crippen LogP) is 4.29. The van der Waals surface area contributed by atoms with Gasteiger partial charge in [-0.15, -0.1) is 0 Å². The van der Waals surface area contributed by atoms with E-state index in [1.807, 2.05) is 66.7 Å². The molecule has 0 fully saturated rings. The number of nitriles is 1. The lowest BCUT2D eigenvalue weighted by atomic mass is 10.0. The maximum absolute atomic E-state index is 12.3. The third-order valence-corrected chi connectivity index (χ3v) is 4.61. The molecule has 0 amide bonds. The highest BCUT2D eigenvalue weighted by atomic mass is 16.5. The van der Waals surface area contributed by atoms with Crippen LogP contribution in [-0.2, 0) is 16.0 Å². The lowest BCUT2D eigenvalue weighted by Crippen LogP contribution is -2.11. The van der Waals surface area contributed by atoms with Gasteiger partial charge in [-0.25, -0.2) is 4.98 Å². The van der Waals surface area contributed by atoms with Crippen LogP contribution in [-0.4, -0.2) is 27.7 Å². The van der Waals surface area contributed by atoms with Crippen LogP contribution in [0, 0.1) is 11.3 Å². The van der Waals surface area contributed by atoms with E-state index < -0.39 is 12.6 Å². The van der Waals surface area contributed by atoms with Gasteiger partial charge in [0, 0.05) is 0 Å².